The summed E-state index contributed by atoms with van der Waals surface area (Å²) in [6.45, 7) is 1.94. The Labute approximate surface area is 82.6 Å². The van der Waals surface area contributed by atoms with Crippen molar-refractivity contribution in [3.05, 3.63) is 12.5 Å². The molecule has 0 aliphatic heterocycles. The van der Waals surface area contributed by atoms with E-state index in [1.165, 1.54) is 16.8 Å². The van der Waals surface area contributed by atoms with Crippen LogP contribution >= 0.6 is 0 Å². The lowest BCUT2D eigenvalue weighted by atomic mass is 10.6. The Morgan fingerprint density at radius 2 is 2.36 bits per heavy atom. The average molecular weight is 219 g/mol. The van der Waals surface area contributed by atoms with Gasteiger partial charge in [-0.25, -0.2) is 13.4 Å². The van der Waals surface area contributed by atoms with Crippen molar-refractivity contribution >= 4 is 10.0 Å². The van der Waals surface area contributed by atoms with E-state index in [1.54, 1.807) is 6.92 Å². The van der Waals surface area contributed by atoms with Crippen LogP contribution in [0.15, 0.2) is 17.6 Å². The summed E-state index contributed by atoms with van der Waals surface area (Å²) in [7, 11) is -3.51. The van der Waals surface area contributed by atoms with E-state index in [1.807, 2.05) is 0 Å². The summed E-state index contributed by atoms with van der Waals surface area (Å²) in [5.41, 5.74) is 0. The van der Waals surface area contributed by atoms with Gasteiger partial charge in [0.1, 0.15) is 0 Å². The van der Waals surface area contributed by atoms with Crippen LogP contribution in [0.25, 0.3) is 0 Å². The number of nitrogens with zero attached hydrogens (tertiary/aromatic N) is 2. The molecule has 0 unspecified atom stereocenters. The highest BCUT2D eigenvalue weighted by Gasteiger charge is 2.23. The second kappa shape index (κ2) is 4.54. The molecule has 80 valence electrons. The zero-order chi connectivity index (χ0) is 10.6. The van der Waals surface area contributed by atoms with Gasteiger partial charge in [0.15, 0.2) is 5.03 Å². The lowest BCUT2D eigenvalue weighted by molar-refractivity contribution is 0.257. The van der Waals surface area contributed by atoms with E-state index in [-0.39, 0.29) is 18.2 Å². The molecule has 0 atom stereocenters. The maximum Gasteiger partial charge on any atom is 0.260 e. The zero-order valence-corrected chi connectivity index (χ0v) is 8.66. The molecule has 1 aromatic rings. The molecule has 6 nitrogen and oxygen atoms in total. The smallest absolute Gasteiger partial charge is 0.260 e. The number of hydrogen-bond donors (Lipinski definition) is 2. The van der Waals surface area contributed by atoms with E-state index in [2.05, 4.69) is 9.97 Å². The molecule has 0 radical (unpaired) electrons. The van der Waals surface area contributed by atoms with Crippen molar-refractivity contribution < 1.29 is 13.5 Å². The summed E-state index contributed by atoms with van der Waals surface area (Å²) >= 11 is 0. The highest BCUT2D eigenvalue weighted by molar-refractivity contribution is 7.89. The highest BCUT2D eigenvalue weighted by Crippen LogP contribution is 2.10. The molecule has 0 aliphatic carbocycles. The van der Waals surface area contributed by atoms with Gasteiger partial charge in [-0.05, 0) is 0 Å². The van der Waals surface area contributed by atoms with E-state index in [0.717, 1.165) is 0 Å². The predicted octanol–water partition coefficient (Wildman–Crippen LogP) is -0.587. The molecule has 0 spiro atoms. The standard InChI is InChI=1S/C7H13N3O3S/c1-2-10(3-4-11)14(12,13)7-5-8-6-9-7/h5-6,11H,2-4H2,1H3,(H,8,9). The molecular formula is C7H13N3O3S. The third kappa shape index (κ3) is 2.11. The minimum atomic E-state index is -3.51. The molecule has 0 aromatic carbocycles. The highest BCUT2D eigenvalue weighted by atomic mass is 32.2. The molecular weight excluding hydrogens is 206 g/mol. The molecule has 0 bridgehead atoms. The fourth-order valence-corrected chi connectivity index (χ4v) is 2.42. The maximum atomic E-state index is 11.8. The van der Waals surface area contributed by atoms with Gasteiger partial charge >= 0.3 is 0 Å². The van der Waals surface area contributed by atoms with Crippen molar-refractivity contribution in [1.29, 1.82) is 0 Å². The summed E-state index contributed by atoms with van der Waals surface area (Å²) in [6, 6.07) is 0. The number of aliphatic hydroxyl groups is 1. The molecule has 1 aromatic heterocycles. The molecule has 14 heavy (non-hydrogen) atoms. The first-order valence-electron chi connectivity index (χ1n) is 4.22. The van der Waals surface area contributed by atoms with Crippen LogP contribution in [0.1, 0.15) is 6.92 Å². The summed E-state index contributed by atoms with van der Waals surface area (Å²) < 4.78 is 24.7. The van der Waals surface area contributed by atoms with Crippen molar-refractivity contribution in [2.24, 2.45) is 0 Å². The predicted molar refractivity (Wildman–Crippen MR) is 50.1 cm³/mol. The first-order chi connectivity index (χ1) is 6.62. The van der Waals surface area contributed by atoms with E-state index in [4.69, 9.17) is 5.11 Å². The number of aromatic amines is 1. The lowest BCUT2D eigenvalue weighted by Gasteiger charge is -2.17. The average Bonchev–Trinajstić information content (AvgIpc) is 2.66. The van der Waals surface area contributed by atoms with Crippen LogP contribution < -0.4 is 0 Å². The monoisotopic (exact) mass is 219 g/mol. The van der Waals surface area contributed by atoms with Crippen molar-refractivity contribution in [3.8, 4) is 0 Å². The van der Waals surface area contributed by atoms with Crippen LogP contribution in [0.3, 0.4) is 0 Å². The van der Waals surface area contributed by atoms with Gasteiger partial charge in [-0.3, -0.25) is 0 Å². The third-order valence-corrected chi connectivity index (χ3v) is 3.69. The number of hydrogen-bond acceptors (Lipinski definition) is 4. The molecule has 0 aliphatic rings. The quantitative estimate of drug-likeness (QED) is 0.693. The van der Waals surface area contributed by atoms with Gasteiger partial charge in [-0.1, -0.05) is 6.92 Å². The molecule has 0 saturated carbocycles. The SMILES string of the molecule is CCN(CCO)S(=O)(=O)c1cnc[nH]1. The van der Waals surface area contributed by atoms with Gasteiger partial charge in [-0.2, -0.15) is 4.31 Å². The Balaban J connectivity index is 2.94. The minimum Gasteiger partial charge on any atom is -0.395 e. The fraction of sp³-hybridized carbons (Fsp3) is 0.571. The van der Waals surface area contributed by atoms with Crippen molar-refractivity contribution in [3.63, 3.8) is 0 Å². The number of imidazole rings is 1. The topological polar surface area (TPSA) is 86.3 Å². The number of rotatable bonds is 5. The number of nitrogens with one attached hydrogen (secondary N) is 1. The fourth-order valence-electron chi connectivity index (χ4n) is 1.08. The van der Waals surface area contributed by atoms with Gasteiger partial charge in [0.2, 0.25) is 0 Å². The Kier molecular flexibility index (Phi) is 3.62. The molecule has 7 heteroatoms. The largest absolute Gasteiger partial charge is 0.395 e. The third-order valence-electron chi connectivity index (χ3n) is 1.79. The van der Waals surface area contributed by atoms with E-state index in [9.17, 15) is 8.42 Å². The normalized spacial score (nSPS) is 12.2. The van der Waals surface area contributed by atoms with Crippen molar-refractivity contribution in [2.75, 3.05) is 19.7 Å². The van der Waals surface area contributed by atoms with Crippen LogP contribution in [0.5, 0.6) is 0 Å². The summed E-state index contributed by atoms with van der Waals surface area (Å²) in [5.74, 6) is 0. The van der Waals surface area contributed by atoms with E-state index in [0.29, 0.717) is 6.54 Å². The number of sulfonamides is 1. The van der Waals surface area contributed by atoms with Gasteiger partial charge in [0.05, 0.1) is 19.1 Å². The minimum absolute atomic E-state index is 0.0489. The van der Waals surface area contributed by atoms with Crippen LogP contribution in [0.4, 0.5) is 0 Å². The van der Waals surface area contributed by atoms with Crippen LogP contribution in [-0.2, 0) is 10.0 Å². The molecule has 0 amide bonds. The van der Waals surface area contributed by atoms with Crippen molar-refractivity contribution in [2.45, 2.75) is 11.9 Å². The Hall–Kier alpha value is -0.920. The van der Waals surface area contributed by atoms with Gasteiger partial charge < -0.3 is 10.1 Å². The Bertz CT molecular complexity index is 360. The Morgan fingerprint density at radius 3 is 2.79 bits per heavy atom. The summed E-state index contributed by atoms with van der Waals surface area (Å²) in [4.78, 5) is 6.17. The van der Waals surface area contributed by atoms with Gasteiger partial charge in [0.25, 0.3) is 10.0 Å². The lowest BCUT2D eigenvalue weighted by Crippen LogP contribution is -2.33. The molecule has 1 rings (SSSR count). The second-order valence-electron chi connectivity index (χ2n) is 2.64. The number of likely N-dealkylation sites (N-methyl/N-ethyl adjacent to an activating group) is 1. The molecule has 2 N–H and O–H groups in total. The Morgan fingerprint density at radius 1 is 1.64 bits per heavy atom. The van der Waals surface area contributed by atoms with Gasteiger partial charge in [0, 0.05) is 13.1 Å². The number of H-pyrrole nitrogens is 1. The molecule has 0 fully saturated rings. The maximum absolute atomic E-state index is 11.8. The number of aromatic nitrogens is 2. The first kappa shape index (κ1) is 11.2. The molecule has 0 saturated heterocycles. The van der Waals surface area contributed by atoms with Crippen LogP contribution in [-0.4, -0.2) is 47.5 Å². The van der Waals surface area contributed by atoms with E-state index < -0.39 is 10.0 Å². The second-order valence-corrected chi connectivity index (χ2v) is 4.54. The van der Waals surface area contributed by atoms with Crippen LogP contribution in [0, 0.1) is 0 Å². The molecule has 1 heterocycles. The first-order valence-corrected chi connectivity index (χ1v) is 5.66. The summed E-state index contributed by atoms with van der Waals surface area (Å²) in [6.07, 6.45) is 2.55. The summed E-state index contributed by atoms with van der Waals surface area (Å²) in [5, 5.41) is 8.75. The number of aliphatic hydroxyl groups excluding tert-OH is 1. The van der Waals surface area contributed by atoms with Gasteiger partial charge in [-0.15, -0.1) is 0 Å². The van der Waals surface area contributed by atoms with Crippen molar-refractivity contribution in [1.82, 2.24) is 14.3 Å². The van der Waals surface area contributed by atoms with Crippen LogP contribution in [0.2, 0.25) is 0 Å². The van der Waals surface area contributed by atoms with E-state index >= 15 is 0 Å². The zero-order valence-electron chi connectivity index (χ0n) is 7.84.